The summed E-state index contributed by atoms with van der Waals surface area (Å²) in [6.07, 6.45) is 14.1. The number of likely N-dealkylation sites (tertiary alicyclic amines) is 1. The van der Waals surface area contributed by atoms with Gasteiger partial charge >= 0.3 is 0 Å². The van der Waals surface area contributed by atoms with Crippen molar-refractivity contribution in [2.75, 3.05) is 26.2 Å². The first-order valence-corrected chi connectivity index (χ1v) is 11.1. The third-order valence-electron chi connectivity index (χ3n) is 6.97. The largest absolute Gasteiger partial charge is 0.353 e. The summed E-state index contributed by atoms with van der Waals surface area (Å²) < 4.78 is 0. The lowest BCUT2D eigenvalue weighted by Crippen LogP contribution is -2.58. The van der Waals surface area contributed by atoms with E-state index in [4.69, 9.17) is 0 Å². The maximum Gasteiger partial charge on any atom is 0.237 e. The van der Waals surface area contributed by atoms with Crippen molar-refractivity contribution in [3.63, 3.8) is 0 Å². The zero-order valence-electron chi connectivity index (χ0n) is 17.3. The van der Waals surface area contributed by atoms with Crippen LogP contribution >= 0.6 is 0 Å². The van der Waals surface area contributed by atoms with Gasteiger partial charge in [0, 0.05) is 31.7 Å². The summed E-state index contributed by atoms with van der Waals surface area (Å²) in [5.74, 6) is 0.800. The number of carbonyl (C=O) groups excluding carboxylic acids is 2. The van der Waals surface area contributed by atoms with E-state index in [9.17, 15) is 9.59 Å². The van der Waals surface area contributed by atoms with E-state index in [0.29, 0.717) is 12.5 Å². The minimum absolute atomic E-state index is 0.0210. The van der Waals surface area contributed by atoms with Crippen LogP contribution in [0.2, 0.25) is 0 Å². The van der Waals surface area contributed by atoms with Crippen LogP contribution in [0.15, 0.2) is 25.3 Å². The molecule has 5 heteroatoms. The number of hydrogen-bond acceptors (Lipinski definition) is 3. The highest BCUT2D eigenvalue weighted by molar-refractivity contribution is 5.89. The molecule has 156 valence electrons. The normalized spacial score (nSPS) is 26.1. The molecule has 3 rings (SSSR count). The highest BCUT2D eigenvalue weighted by Gasteiger charge is 2.43. The van der Waals surface area contributed by atoms with Gasteiger partial charge in [0.15, 0.2) is 0 Å². The predicted molar refractivity (Wildman–Crippen MR) is 113 cm³/mol. The highest BCUT2D eigenvalue weighted by Crippen LogP contribution is 2.37. The number of nitrogens with zero attached hydrogens (tertiary/aromatic N) is 2. The van der Waals surface area contributed by atoms with Gasteiger partial charge in [0.1, 0.15) is 0 Å². The fraction of sp³-hybridized carbons (Fsp3) is 0.739. The molecule has 28 heavy (non-hydrogen) atoms. The highest BCUT2D eigenvalue weighted by atomic mass is 16.2. The lowest BCUT2D eigenvalue weighted by atomic mass is 9.87. The van der Waals surface area contributed by atoms with Gasteiger partial charge in [0.2, 0.25) is 11.8 Å². The second kappa shape index (κ2) is 9.73. The molecule has 2 heterocycles. The minimum atomic E-state index is -0.325. The van der Waals surface area contributed by atoms with Gasteiger partial charge in [-0.05, 0) is 44.4 Å². The van der Waals surface area contributed by atoms with Gasteiger partial charge in [0.05, 0.1) is 12.5 Å². The monoisotopic (exact) mass is 387 g/mol. The molecule has 2 amide bonds. The van der Waals surface area contributed by atoms with E-state index in [-0.39, 0.29) is 29.8 Å². The lowest BCUT2D eigenvalue weighted by Gasteiger charge is -2.41. The van der Waals surface area contributed by atoms with Gasteiger partial charge in [-0.3, -0.25) is 14.5 Å². The van der Waals surface area contributed by atoms with Crippen molar-refractivity contribution in [3.05, 3.63) is 25.3 Å². The number of hydrogen-bond donors (Lipinski definition) is 1. The molecule has 2 aliphatic heterocycles. The van der Waals surface area contributed by atoms with Crippen molar-refractivity contribution in [3.8, 4) is 0 Å². The predicted octanol–water partition coefficient (Wildman–Crippen LogP) is 3.27. The van der Waals surface area contributed by atoms with Crippen LogP contribution in [0.25, 0.3) is 0 Å². The molecule has 1 unspecified atom stereocenters. The third kappa shape index (κ3) is 4.68. The Morgan fingerprint density at radius 3 is 2.50 bits per heavy atom. The molecule has 2 saturated heterocycles. The van der Waals surface area contributed by atoms with Gasteiger partial charge < -0.3 is 10.2 Å². The second-order valence-corrected chi connectivity index (χ2v) is 8.87. The first-order chi connectivity index (χ1) is 13.6. The fourth-order valence-corrected chi connectivity index (χ4v) is 5.55. The molecule has 0 aromatic carbocycles. The molecular weight excluding hydrogens is 350 g/mol. The van der Waals surface area contributed by atoms with E-state index in [2.05, 4.69) is 23.4 Å². The number of rotatable bonds is 8. The second-order valence-electron chi connectivity index (χ2n) is 8.87. The van der Waals surface area contributed by atoms with Gasteiger partial charge in [0.25, 0.3) is 0 Å². The van der Waals surface area contributed by atoms with Crippen LogP contribution in [0.4, 0.5) is 0 Å². The Labute approximate surface area is 170 Å². The molecule has 0 aromatic rings. The van der Waals surface area contributed by atoms with Crippen LogP contribution in [0.5, 0.6) is 0 Å². The molecule has 1 N–H and O–H groups in total. The van der Waals surface area contributed by atoms with Crippen molar-refractivity contribution in [2.24, 2.45) is 5.92 Å². The molecule has 1 saturated carbocycles. The molecule has 1 aliphatic carbocycles. The first-order valence-electron chi connectivity index (χ1n) is 11.1. The Kier molecular flexibility index (Phi) is 7.33. The summed E-state index contributed by atoms with van der Waals surface area (Å²) in [7, 11) is 0. The zero-order valence-corrected chi connectivity index (χ0v) is 17.3. The quantitative estimate of drug-likeness (QED) is 0.651. The van der Waals surface area contributed by atoms with Crippen molar-refractivity contribution in [2.45, 2.75) is 75.8 Å². The molecule has 0 spiro atoms. The van der Waals surface area contributed by atoms with E-state index in [1.807, 2.05) is 17.1 Å². The smallest absolute Gasteiger partial charge is 0.237 e. The third-order valence-corrected chi connectivity index (χ3v) is 6.97. The number of carbonyl (C=O) groups is 2. The Morgan fingerprint density at radius 1 is 1.11 bits per heavy atom. The summed E-state index contributed by atoms with van der Waals surface area (Å²) >= 11 is 0. The summed E-state index contributed by atoms with van der Waals surface area (Å²) in [5, 5.41) is 2.98. The SMILES string of the molecule is C=CCC1(CC=C)CCCN1C(=O)CC1C(=O)NCCN1CC1CCCCC1. The van der Waals surface area contributed by atoms with Crippen LogP contribution in [-0.2, 0) is 9.59 Å². The van der Waals surface area contributed by atoms with E-state index in [1.165, 1.54) is 32.1 Å². The molecule has 1 atom stereocenters. The van der Waals surface area contributed by atoms with Gasteiger partial charge in [-0.25, -0.2) is 0 Å². The molecule has 3 aliphatic rings. The van der Waals surface area contributed by atoms with Crippen LogP contribution < -0.4 is 5.32 Å². The molecule has 5 nitrogen and oxygen atoms in total. The molecule has 0 radical (unpaired) electrons. The van der Waals surface area contributed by atoms with Crippen molar-refractivity contribution < 1.29 is 9.59 Å². The fourth-order valence-electron chi connectivity index (χ4n) is 5.55. The molecule has 3 fully saturated rings. The zero-order chi connectivity index (χ0) is 20.0. The Balaban J connectivity index is 1.69. The van der Waals surface area contributed by atoms with Crippen LogP contribution in [0.1, 0.15) is 64.2 Å². The van der Waals surface area contributed by atoms with Crippen molar-refractivity contribution in [1.29, 1.82) is 0 Å². The Hall–Kier alpha value is -1.62. The summed E-state index contributed by atoms with van der Waals surface area (Å²) in [6.45, 7) is 11.1. The lowest BCUT2D eigenvalue weighted by molar-refractivity contribution is -0.142. The number of nitrogens with one attached hydrogen (secondary N) is 1. The van der Waals surface area contributed by atoms with E-state index < -0.39 is 0 Å². The van der Waals surface area contributed by atoms with Crippen LogP contribution in [0.3, 0.4) is 0 Å². The van der Waals surface area contributed by atoms with Gasteiger partial charge in [-0.1, -0.05) is 31.4 Å². The Morgan fingerprint density at radius 2 is 1.82 bits per heavy atom. The molecular formula is C23H37N3O2. The molecule has 0 bridgehead atoms. The topological polar surface area (TPSA) is 52.7 Å². The van der Waals surface area contributed by atoms with Gasteiger partial charge in [-0.2, -0.15) is 0 Å². The Bertz CT molecular complexity index is 572. The first kappa shape index (κ1) is 21.1. The van der Waals surface area contributed by atoms with Gasteiger partial charge in [-0.15, -0.1) is 13.2 Å². The average molecular weight is 388 g/mol. The van der Waals surface area contributed by atoms with Crippen molar-refractivity contribution in [1.82, 2.24) is 15.1 Å². The number of piperazine rings is 1. The summed E-state index contributed by atoms with van der Waals surface area (Å²) in [5.41, 5.74) is -0.195. The minimum Gasteiger partial charge on any atom is -0.353 e. The summed E-state index contributed by atoms with van der Waals surface area (Å²) in [6, 6.07) is -0.325. The van der Waals surface area contributed by atoms with E-state index >= 15 is 0 Å². The maximum atomic E-state index is 13.3. The average Bonchev–Trinajstić information content (AvgIpc) is 3.09. The number of amides is 2. The van der Waals surface area contributed by atoms with E-state index in [0.717, 1.165) is 45.3 Å². The van der Waals surface area contributed by atoms with Crippen LogP contribution in [-0.4, -0.2) is 59.4 Å². The summed E-state index contributed by atoms with van der Waals surface area (Å²) in [4.78, 5) is 30.3. The van der Waals surface area contributed by atoms with Crippen molar-refractivity contribution >= 4 is 11.8 Å². The maximum absolute atomic E-state index is 13.3. The van der Waals surface area contributed by atoms with E-state index in [1.54, 1.807) is 0 Å². The molecule has 0 aromatic heterocycles. The van der Waals surface area contributed by atoms with Crippen LogP contribution in [0, 0.1) is 5.92 Å². The standard InChI is InChI=1S/C23H37N3O2/c1-3-11-23(12-4-2)13-8-15-26(23)21(27)17-20-22(28)24-14-16-25(20)18-19-9-6-5-7-10-19/h3-4,19-20H,1-2,5-18H2,(H,24,28).